The van der Waals surface area contributed by atoms with Gasteiger partial charge in [-0.3, -0.25) is 9.48 Å². The van der Waals surface area contributed by atoms with Crippen LogP contribution in [0.3, 0.4) is 0 Å². The van der Waals surface area contributed by atoms with Crippen LogP contribution in [0.25, 0.3) is 0 Å². The highest BCUT2D eigenvalue weighted by molar-refractivity contribution is 7.80. The van der Waals surface area contributed by atoms with E-state index in [4.69, 9.17) is 18.0 Å². The topological polar surface area (TPSA) is 85.0 Å². The molecule has 0 saturated carbocycles. The lowest BCUT2D eigenvalue weighted by Crippen LogP contribution is -2.31. The monoisotopic (exact) mass is 303 g/mol. The van der Waals surface area contributed by atoms with Gasteiger partial charge in [-0.05, 0) is 24.7 Å². The Morgan fingerprint density at radius 3 is 2.67 bits per heavy atom. The smallest absolute Gasteiger partial charge is 0.271 e. The van der Waals surface area contributed by atoms with Crippen LogP contribution in [0.5, 0.6) is 0 Å². The van der Waals surface area contributed by atoms with E-state index in [2.05, 4.69) is 15.7 Å². The van der Waals surface area contributed by atoms with Crippen molar-refractivity contribution in [2.75, 3.05) is 5.32 Å². The molecule has 2 rings (SSSR count). The van der Waals surface area contributed by atoms with Crippen molar-refractivity contribution in [3.63, 3.8) is 0 Å². The van der Waals surface area contributed by atoms with Crippen molar-refractivity contribution < 1.29 is 4.79 Å². The third-order valence-electron chi connectivity index (χ3n) is 2.96. The highest BCUT2D eigenvalue weighted by Gasteiger charge is 2.15. The fourth-order valence-corrected chi connectivity index (χ4v) is 2.23. The van der Waals surface area contributed by atoms with Crippen LogP contribution in [-0.2, 0) is 7.05 Å². The van der Waals surface area contributed by atoms with Gasteiger partial charge in [-0.25, -0.2) is 0 Å². The van der Waals surface area contributed by atoms with Crippen LogP contribution in [0, 0.1) is 0 Å². The Kier molecular flexibility index (Phi) is 4.54. The zero-order valence-electron chi connectivity index (χ0n) is 11.8. The Bertz CT molecular complexity index is 653. The molecule has 110 valence electrons. The van der Waals surface area contributed by atoms with Crippen LogP contribution in [0.1, 0.15) is 29.0 Å². The van der Waals surface area contributed by atoms with Crippen molar-refractivity contribution in [3.8, 4) is 0 Å². The van der Waals surface area contributed by atoms with Crippen LogP contribution in [-0.4, -0.2) is 20.8 Å². The highest BCUT2D eigenvalue weighted by atomic mass is 32.1. The molecular formula is C14H17N5OS. The molecule has 7 heteroatoms. The molecule has 1 heterocycles. The molecule has 0 fully saturated rings. The maximum atomic E-state index is 11.3. The Morgan fingerprint density at radius 2 is 2.05 bits per heavy atom. The summed E-state index contributed by atoms with van der Waals surface area (Å²) in [6.07, 6.45) is 1.65. The van der Waals surface area contributed by atoms with Gasteiger partial charge in [0.05, 0.1) is 11.7 Å². The van der Waals surface area contributed by atoms with Crippen LogP contribution in [0.2, 0.25) is 0 Å². The summed E-state index contributed by atoms with van der Waals surface area (Å²) in [5, 5.41) is 10.5. The number of aromatic nitrogens is 2. The summed E-state index contributed by atoms with van der Waals surface area (Å²) in [7, 11) is 1.71. The first-order chi connectivity index (χ1) is 9.97. The zero-order chi connectivity index (χ0) is 15.4. The molecule has 1 aromatic heterocycles. The number of amides is 1. The van der Waals surface area contributed by atoms with E-state index in [-0.39, 0.29) is 11.7 Å². The first kappa shape index (κ1) is 15.0. The van der Waals surface area contributed by atoms with E-state index in [1.807, 2.05) is 37.3 Å². The predicted octanol–water partition coefficient (Wildman–Crippen LogP) is 1.57. The third-order valence-corrected chi connectivity index (χ3v) is 3.18. The number of aryl methyl sites for hydroxylation is 1. The first-order valence-corrected chi connectivity index (χ1v) is 6.84. The molecule has 4 N–H and O–H groups in total. The Balaban J connectivity index is 2.04. The molecule has 1 unspecified atom stereocenters. The van der Waals surface area contributed by atoms with Crippen molar-refractivity contribution in [1.82, 2.24) is 15.1 Å². The maximum absolute atomic E-state index is 11.3. The number of carbonyl (C=O) groups is 1. The van der Waals surface area contributed by atoms with E-state index < -0.39 is 5.91 Å². The van der Waals surface area contributed by atoms with E-state index in [0.717, 1.165) is 5.56 Å². The Hall–Kier alpha value is -2.41. The van der Waals surface area contributed by atoms with Gasteiger partial charge in [0, 0.05) is 13.2 Å². The lowest BCUT2D eigenvalue weighted by Gasteiger charge is -2.17. The zero-order valence-corrected chi connectivity index (χ0v) is 12.6. The number of rotatable bonds is 4. The molecule has 0 aliphatic carbocycles. The number of hydrogen-bond donors (Lipinski definition) is 3. The van der Waals surface area contributed by atoms with E-state index >= 15 is 0 Å². The van der Waals surface area contributed by atoms with Gasteiger partial charge in [0.15, 0.2) is 10.8 Å². The normalized spacial score (nSPS) is 11.7. The van der Waals surface area contributed by atoms with E-state index in [0.29, 0.717) is 10.8 Å². The number of nitrogens with one attached hydrogen (secondary N) is 2. The van der Waals surface area contributed by atoms with Gasteiger partial charge in [0.1, 0.15) is 0 Å². The fraction of sp³-hybridized carbons (Fsp3) is 0.214. The maximum Gasteiger partial charge on any atom is 0.271 e. The van der Waals surface area contributed by atoms with Crippen LogP contribution < -0.4 is 16.4 Å². The fourth-order valence-electron chi connectivity index (χ4n) is 1.94. The minimum absolute atomic E-state index is 0.0416. The molecule has 1 amide bonds. The Morgan fingerprint density at radius 1 is 1.38 bits per heavy atom. The number of benzene rings is 1. The lowest BCUT2D eigenvalue weighted by atomic mass is 10.1. The number of hydrogen-bond acceptors (Lipinski definition) is 3. The SMILES string of the molecule is CC(NC(=S)Nc1cn(C)nc1C(N)=O)c1ccccc1. The lowest BCUT2D eigenvalue weighted by molar-refractivity contribution is 0.0995. The molecule has 0 radical (unpaired) electrons. The third kappa shape index (κ3) is 3.79. The number of carbonyl (C=O) groups excluding carboxylic acids is 1. The van der Waals surface area contributed by atoms with Crippen molar-refractivity contribution >= 4 is 28.9 Å². The summed E-state index contributed by atoms with van der Waals surface area (Å²) in [5.74, 6) is -0.600. The van der Waals surface area contributed by atoms with Gasteiger partial charge >= 0.3 is 0 Å². The number of anilines is 1. The summed E-state index contributed by atoms with van der Waals surface area (Å²) < 4.78 is 1.51. The van der Waals surface area contributed by atoms with Gasteiger partial charge in [0.2, 0.25) is 0 Å². The molecule has 0 aliphatic rings. The quantitative estimate of drug-likeness (QED) is 0.747. The second kappa shape index (κ2) is 6.36. The predicted molar refractivity (Wildman–Crippen MR) is 85.9 cm³/mol. The summed E-state index contributed by atoms with van der Waals surface area (Å²) in [5.41, 5.74) is 7.04. The minimum atomic E-state index is -0.600. The molecule has 21 heavy (non-hydrogen) atoms. The molecule has 1 aromatic carbocycles. The summed E-state index contributed by atoms with van der Waals surface area (Å²) in [4.78, 5) is 11.3. The van der Waals surface area contributed by atoms with Gasteiger partial charge < -0.3 is 16.4 Å². The second-order valence-corrected chi connectivity index (χ2v) is 5.07. The second-order valence-electron chi connectivity index (χ2n) is 4.66. The number of nitrogens with zero attached hydrogens (tertiary/aromatic N) is 2. The minimum Gasteiger partial charge on any atom is -0.364 e. The summed E-state index contributed by atoms with van der Waals surface area (Å²) in [6, 6.07) is 9.96. The molecule has 6 nitrogen and oxygen atoms in total. The standard InChI is InChI=1S/C14H17N5OS/c1-9(10-6-4-3-5-7-10)16-14(21)17-11-8-19(2)18-12(11)13(15)20/h3-9H,1-2H3,(H2,15,20)(H2,16,17,21). The van der Waals surface area contributed by atoms with Crippen molar-refractivity contribution in [2.24, 2.45) is 12.8 Å². The molecular weight excluding hydrogens is 286 g/mol. The van der Waals surface area contributed by atoms with Crippen LogP contribution in [0.4, 0.5) is 5.69 Å². The molecule has 0 bridgehead atoms. The molecule has 0 spiro atoms. The van der Waals surface area contributed by atoms with E-state index in [1.165, 1.54) is 4.68 Å². The van der Waals surface area contributed by atoms with Crippen molar-refractivity contribution in [2.45, 2.75) is 13.0 Å². The number of primary amides is 1. The van der Waals surface area contributed by atoms with E-state index in [1.54, 1.807) is 13.2 Å². The first-order valence-electron chi connectivity index (χ1n) is 6.43. The van der Waals surface area contributed by atoms with Gasteiger partial charge in [-0.2, -0.15) is 5.10 Å². The number of thiocarbonyl (C=S) groups is 1. The average Bonchev–Trinajstić information content (AvgIpc) is 2.80. The van der Waals surface area contributed by atoms with Gasteiger partial charge in [0.25, 0.3) is 5.91 Å². The van der Waals surface area contributed by atoms with Gasteiger partial charge in [-0.1, -0.05) is 30.3 Å². The van der Waals surface area contributed by atoms with E-state index in [9.17, 15) is 4.79 Å². The van der Waals surface area contributed by atoms with Crippen molar-refractivity contribution in [1.29, 1.82) is 0 Å². The average molecular weight is 303 g/mol. The van der Waals surface area contributed by atoms with Gasteiger partial charge in [-0.15, -0.1) is 0 Å². The van der Waals surface area contributed by atoms with Crippen molar-refractivity contribution in [3.05, 3.63) is 47.8 Å². The van der Waals surface area contributed by atoms with Crippen LogP contribution >= 0.6 is 12.2 Å². The summed E-state index contributed by atoms with van der Waals surface area (Å²) in [6.45, 7) is 2.00. The molecule has 2 aromatic rings. The highest BCUT2D eigenvalue weighted by Crippen LogP contribution is 2.14. The largest absolute Gasteiger partial charge is 0.364 e. The number of nitrogens with two attached hydrogens (primary N) is 1. The summed E-state index contributed by atoms with van der Waals surface area (Å²) >= 11 is 5.26. The molecule has 0 aliphatic heterocycles. The van der Waals surface area contributed by atoms with Crippen LogP contribution in [0.15, 0.2) is 36.5 Å². The molecule has 1 atom stereocenters. The molecule has 0 saturated heterocycles. The Labute approximate surface area is 128 Å².